The summed E-state index contributed by atoms with van der Waals surface area (Å²) in [7, 11) is 0. The second-order valence-electron chi connectivity index (χ2n) is 6.33. The lowest BCUT2D eigenvalue weighted by atomic mass is 10.0. The zero-order valence-corrected chi connectivity index (χ0v) is 15.0. The monoisotopic (exact) mass is 347 g/mol. The highest BCUT2D eigenvalue weighted by Crippen LogP contribution is 2.24. The van der Waals surface area contributed by atoms with Crippen LogP contribution in [0.2, 0.25) is 0 Å². The number of nitrogens with zero attached hydrogens (tertiary/aromatic N) is 1. The number of aryl methyl sites for hydroxylation is 1. The molecule has 5 heteroatoms. The molecule has 1 heterocycles. The second kappa shape index (κ2) is 7.35. The maximum absolute atomic E-state index is 12.9. The molecule has 0 aliphatic carbocycles. The van der Waals surface area contributed by atoms with E-state index in [4.69, 9.17) is 0 Å². The molecule has 5 nitrogen and oxygen atoms in total. The number of nitrogens with one attached hydrogen (secondary N) is 2. The molecule has 1 aromatic heterocycles. The van der Waals surface area contributed by atoms with Gasteiger partial charge >= 0.3 is 0 Å². The molecule has 0 saturated heterocycles. The molecular weight excluding hydrogens is 326 g/mol. The maximum Gasteiger partial charge on any atom is 0.252 e. The average molecular weight is 347 g/mol. The molecule has 0 spiro atoms. The van der Waals surface area contributed by atoms with Gasteiger partial charge in [-0.1, -0.05) is 36.4 Å². The summed E-state index contributed by atoms with van der Waals surface area (Å²) in [5.41, 5.74) is 3.59. The van der Waals surface area contributed by atoms with E-state index in [9.17, 15) is 9.59 Å². The van der Waals surface area contributed by atoms with E-state index < -0.39 is 0 Å². The van der Waals surface area contributed by atoms with Crippen molar-refractivity contribution in [1.82, 2.24) is 10.3 Å². The van der Waals surface area contributed by atoms with Crippen LogP contribution in [0, 0.1) is 6.92 Å². The van der Waals surface area contributed by atoms with Gasteiger partial charge in [0.1, 0.15) is 0 Å². The number of hydrogen-bond acceptors (Lipinski definition) is 3. The molecule has 3 rings (SSSR count). The fourth-order valence-corrected chi connectivity index (χ4v) is 2.90. The largest absolute Gasteiger partial charge is 0.345 e. The Morgan fingerprint density at radius 1 is 1.04 bits per heavy atom. The first-order valence-electron chi connectivity index (χ1n) is 8.49. The van der Waals surface area contributed by atoms with Gasteiger partial charge < -0.3 is 10.6 Å². The summed E-state index contributed by atoms with van der Waals surface area (Å²) in [6.45, 7) is 5.27. The van der Waals surface area contributed by atoms with Crippen LogP contribution < -0.4 is 10.6 Å². The molecule has 0 aliphatic rings. The Morgan fingerprint density at radius 2 is 1.77 bits per heavy atom. The summed E-state index contributed by atoms with van der Waals surface area (Å²) in [6, 6.07) is 16.9. The molecule has 3 aromatic rings. The van der Waals surface area contributed by atoms with Crippen LogP contribution in [-0.2, 0) is 4.79 Å². The minimum absolute atomic E-state index is 0.137. The predicted molar refractivity (Wildman–Crippen MR) is 103 cm³/mol. The Kier molecular flexibility index (Phi) is 4.98. The van der Waals surface area contributed by atoms with Gasteiger partial charge in [0.05, 0.1) is 17.1 Å². The minimum atomic E-state index is -0.204. The predicted octanol–water partition coefficient (Wildman–Crippen LogP) is 3.99. The van der Waals surface area contributed by atoms with Gasteiger partial charge in [0.15, 0.2) is 0 Å². The summed E-state index contributed by atoms with van der Waals surface area (Å²) in [5.74, 6) is -0.398. The van der Waals surface area contributed by atoms with Crippen LogP contribution in [0.15, 0.2) is 54.6 Å². The van der Waals surface area contributed by atoms with Gasteiger partial charge in [-0.15, -0.1) is 0 Å². The quantitative estimate of drug-likeness (QED) is 0.749. The van der Waals surface area contributed by atoms with Gasteiger partial charge in [0.2, 0.25) is 5.91 Å². The van der Waals surface area contributed by atoms with E-state index in [1.165, 1.54) is 6.92 Å². The van der Waals surface area contributed by atoms with E-state index in [1.54, 1.807) is 12.1 Å². The van der Waals surface area contributed by atoms with Gasteiger partial charge in [-0.25, -0.2) is 0 Å². The number of rotatable bonds is 4. The van der Waals surface area contributed by atoms with Crippen LogP contribution in [-0.4, -0.2) is 16.8 Å². The van der Waals surface area contributed by atoms with E-state index in [2.05, 4.69) is 15.6 Å². The van der Waals surface area contributed by atoms with E-state index in [0.717, 1.165) is 16.6 Å². The van der Waals surface area contributed by atoms with E-state index >= 15 is 0 Å². The lowest BCUT2D eigenvalue weighted by molar-refractivity contribution is -0.114. The Balaban J connectivity index is 1.99. The highest BCUT2D eigenvalue weighted by molar-refractivity contribution is 6.08. The van der Waals surface area contributed by atoms with E-state index in [0.29, 0.717) is 16.8 Å². The number of carbonyl (C=O) groups is 2. The second-order valence-corrected chi connectivity index (χ2v) is 6.33. The Hall–Kier alpha value is -3.21. The molecule has 0 aliphatic heterocycles. The van der Waals surface area contributed by atoms with Crippen molar-refractivity contribution in [2.24, 2.45) is 0 Å². The Morgan fingerprint density at radius 3 is 2.46 bits per heavy atom. The SMILES string of the molecule is CC(=O)Nc1cc(C(=O)N[C@H](C)c2ccccc2)c2ccc(C)nc2c1. The Labute approximate surface area is 152 Å². The van der Waals surface area contributed by atoms with Crippen LogP contribution in [0.5, 0.6) is 0 Å². The molecule has 0 bridgehead atoms. The van der Waals surface area contributed by atoms with Crippen LogP contribution >= 0.6 is 0 Å². The number of pyridine rings is 1. The third kappa shape index (κ3) is 3.88. The molecule has 0 unspecified atom stereocenters. The fraction of sp³-hybridized carbons (Fsp3) is 0.190. The molecular formula is C21H21N3O2. The highest BCUT2D eigenvalue weighted by atomic mass is 16.2. The van der Waals surface area contributed by atoms with E-state index in [1.807, 2.05) is 56.3 Å². The molecule has 2 N–H and O–H groups in total. The molecule has 26 heavy (non-hydrogen) atoms. The van der Waals surface area contributed by atoms with Crippen molar-refractivity contribution in [3.8, 4) is 0 Å². The summed E-state index contributed by atoms with van der Waals surface area (Å²) < 4.78 is 0. The van der Waals surface area contributed by atoms with Gasteiger partial charge in [-0.3, -0.25) is 14.6 Å². The van der Waals surface area contributed by atoms with Crippen molar-refractivity contribution >= 4 is 28.4 Å². The summed E-state index contributed by atoms with van der Waals surface area (Å²) >= 11 is 0. The topological polar surface area (TPSA) is 71.1 Å². The fourth-order valence-electron chi connectivity index (χ4n) is 2.90. The average Bonchev–Trinajstić information content (AvgIpc) is 2.60. The van der Waals surface area contributed by atoms with Crippen LogP contribution in [0.25, 0.3) is 10.9 Å². The molecule has 0 saturated carbocycles. The summed E-state index contributed by atoms with van der Waals surface area (Å²) in [5, 5.41) is 6.51. The van der Waals surface area contributed by atoms with E-state index in [-0.39, 0.29) is 17.9 Å². The zero-order chi connectivity index (χ0) is 18.7. The lowest BCUT2D eigenvalue weighted by Crippen LogP contribution is -2.27. The number of amides is 2. The van der Waals surface area contributed by atoms with Gasteiger partial charge in [0, 0.05) is 23.7 Å². The van der Waals surface area contributed by atoms with Crippen molar-refractivity contribution in [2.75, 3.05) is 5.32 Å². The van der Waals surface area contributed by atoms with Crippen molar-refractivity contribution in [2.45, 2.75) is 26.8 Å². The summed E-state index contributed by atoms with van der Waals surface area (Å²) in [6.07, 6.45) is 0. The number of aromatic nitrogens is 1. The molecule has 1 atom stereocenters. The first-order valence-corrected chi connectivity index (χ1v) is 8.49. The van der Waals surface area contributed by atoms with Crippen LogP contribution in [0.1, 0.15) is 41.5 Å². The zero-order valence-electron chi connectivity index (χ0n) is 15.0. The lowest BCUT2D eigenvalue weighted by Gasteiger charge is -2.16. The van der Waals surface area contributed by atoms with Crippen molar-refractivity contribution in [1.29, 1.82) is 0 Å². The first-order chi connectivity index (χ1) is 12.4. The van der Waals surface area contributed by atoms with Crippen LogP contribution in [0.3, 0.4) is 0 Å². The molecule has 2 amide bonds. The molecule has 2 aromatic carbocycles. The van der Waals surface area contributed by atoms with Crippen molar-refractivity contribution < 1.29 is 9.59 Å². The number of carbonyl (C=O) groups excluding carboxylic acids is 2. The Bertz CT molecular complexity index is 968. The van der Waals surface area contributed by atoms with Crippen LogP contribution in [0.4, 0.5) is 5.69 Å². The maximum atomic E-state index is 12.9. The summed E-state index contributed by atoms with van der Waals surface area (Å²) in [4.78, 5) is 28.8. The van der Waals surface area contributed by atoms with Crippen molar-refractivity contribution in [3.05, 3.63) is 71.4 Å². The first kappa shape index (κ1) is 17.6. The third-order valence-electron chi connectivity index (χ3n) is 4.16. The normalized spacial score (nSPS) is 11.8. The van der Waals surface area contributed by atoms with Gasteiger partial charge in [-0.05, 0) is 37.6 Å². The molecule has 0 fully saturated rings. The number of benzene rings is 2. The van der Waals surface area contributed by atoms with Crippen molar-refractivity contribution in [3.63, 3.8) is 0 Å². The highest BCUT2D eigenvalue weighted by Gasteiger charge is 2.16. The molecule has 132 valence electrons. The number of anilines is 1. The number of fused-ring (bicyclic) bond motifs is 1. The van der Waals surface area contributed by atoms with Gasteiger partial charge in [0.25, 0.3) is 5.91 Å². The standard InChI is InChI=1S/C21H21N3O2/c1-13-9-10-18-19(11-17(24-15(3)25)12-20(18)22-13)21(26)23-14(2)16-7-5-4-6-8-16/h4-12,14H,1-3H3,(H,23,26)(H,24,25)/t14-/m1/s1. The third-order valence-corrected chi connectivity index (χ3v) is 4.16. The molecule has 0 radical (unpaired) electrons. The number of hydrogen-bond donors (Lipinski definition) is 2. The smallest absolute Gasteiger partial charge is 0.252 e. The minimum Gasteiger partial charge on any atom is -0.345 e. The van der Waals surface area contributed by atoms with Gasteiger partial charge in [-0.2, -0.15) is 0 Å².